The number of rotatable bonds is 6. The van der Waals surface area contributed by atoms with Gasteiger partial charge in [-0.2, -0.15) is 0 Å². The van der Waals surface area contributed by atoms with Crippen molar-refractivity contribution in [3.63, 3.8) is 0 Å². The molecule has 2 amide bonds. The maximum absolute atomic E-state index is 12.1. The monoisotopic (exact) mass is 356 g/mol. The highest BCUT2D eigenvalue weighted by Gasteiger charge is 2.19. The van der Waals surface area contributed by atoms with Gasteiger partial charge in [-0.15, -0.1) is 0 Å². The van der Waals surface area contributed by atoms with Gasteiger partial charge in [-0.3, -0.25) is 9.59 Å². The van der Waals surface area contributed by atoms with Crippen LogP contribution in [-0.2, 0) is 29.1 Å². The van der Waals surface area contributed by atoms with E-state index >= 15 is 0 Å². The third kappa shape index (κ3) is 4.83. The van der Waals surface area contributed by atoms with E-state index in [0.717, 1.165) is 29.7 Å². The second-order valence-electron chi connectivity index (χ2n) is 6.28. The van der Waals surface area contributed by atoms with Gasteiger partial charge in [0.1, 0.15) is 0 Å². The molecule has 0 spiro atoms. The van der Waals surface area contributed by atoms with Crippen molar-refractivity contribution in [2.75, 3.05) is 6.54 Å². The summed E-state index contributed by atoms with van der Waals surface area (Å²) in [6.07, 6.45) is 1.89. The zero-order valence-corrected chi connectivity index (χ0v) is 14.8. The van der Waals surface area contributed by atoms with Gasteiger partial charge < -0.3 is 10.2 Å². The van der Waals surface area contributed by atoms with Crippen molar-refractivity contribution < 1.29 is 9.59 Å². The highest BCUT2D eigenvalue weighted by molar-refractivity contribution is 6.31. The minimum Gasteiger partial charge on any atom is -0.352 e. The van der Waals surface area contributed by atoms with Crippen molar-refractivity contribution in [3.8, 4) is 0 Å². The Labute approximate surface area is 152 Å². The van der Waals surface area contributed by atoms with Crippen molar-refractivity contribution in [3.05, 3.63) is 70.2 Å². The van der Waals surface area contributed by atoms with Gasteiger partial charge in [0.05, 0.1) is 6.42 Å². The number of carbonyl (C=O) groups is 2. The van der Waals surface area contributed by atoms with Crippen LogP contribution in [0, 0.1) is 0 Å². The van der Waals surface area contributed by atoms with Crippen LogP contribution in [0.25, 0.3) is 0 Å². The van der Waals surface area contributed by atoms with Crippen LogP contribution in [0.2, 0.25) is 5.02 Å². The number of benzene rings is 2. The second kappa shape index (κ2) is 8.17. The van der Waals surface area contributed by atoms with Crippen LogP contribution in [-0.4, -0.2) is 23.3 Å². The number of halogens is 1. The quantitative estimate of drug-likeness (QED) is 0.863. The molecule has 1 aliphatic rings. The highest BCUT2D eigenvalue weighted by Crippen LogP contribution is 2.16. The average Bonchev–Trinajstić information content (AvgIpc) is 3.01. The smallest absolute Gasteiger partial charge is 0.224 e. The summed E-state index contributed by atoms with van der Waals surface area (Å²) in [6.45, 7) is 1.99. The summed E-state index contributed by atoms with van der Waals surface area (Å²) in [4.78, 5) is 25.6. The minimum atomic E-state index is -0.0557. The van der Waals surface area contributed by atoms with Crippen molar-refractivity contribution >= 4 is 23.4 Å². The number of hydrogen-bond acceptors (Lipinski definition) is 2. The molecule has 0 unspecified atom stereocenters. The summed E-state index contributed by atoms with van der Waals surface area (Å²) >= 11 is 6.08. The van der Waals surface area contributed by atoms with Gasteiger partial charge in [0.2, 0.25) is 11.8 Å². The van der Waals surface area contributed by atoms with Gasteiger partial charge in [-0.25, -0.2) is 0 Å². The topological polar surface area (TPSA) is 49.4 Å². The molecule has 0 atom stereocenters. The Bertz CT molecular complexity index is 759. The standard InChI is InChI=1S/C20H21ClN2O2/c21-18-5-2-1-4-17(18)12-19(24)22-13-15-7-9-16(10-8-15)14-23-11-3-6-20(23)25/h1-2,4-5,7-10H,3,6,11-14H2,(H,22,24). The first kappa shape index (κ1) is 17.5. The van der Waals surface area contributed by atoms with E-state index < -0.39 is 0 Å². The maximum atomic E-state index is 12.1. The van der Waals surface area contributed by atoms with E-state index in [1.54, 1.807) is 6.07 Å². The first-order valence-electron chi connectivity index (χ1n) is 8.47. The molecule has 130 valence electrons. The summed E-state index contributed by atoms with van der Waals surface area (Å²) in [5.41, 5.74) is 2.97. The van der Waals surface area contributed by atoms with E-state index in [0.29, 0.717) is 24.5 Å². The molecule has 0 aromatic heterocycles. The Kier molecular flexibility index (Phi) is 5.71. The lowest BCUT2D eigenvalue weighted by atomic mass is 10.1. The second-order valence-corrected chi connectivity index (χ2v) is 6.69. The van der Waals surface area contributed by atoms with Crippen LogP contribution in [0.5, 0.6) is 0 Å². The lowest BCUT2D eigenvalue weighted by molar-refractivity contribution is -0.128. The molecule has 2 aromatic carbocycles. The SMILES string of the molecule is O=C(Cc1ccccc1Cl)NCc1ccc(CN2CCCC2=O)cc1. The van der Waals surface area contributed by atoms with Crippen molar-refractivity contribution in [2.24, 2.45) is 0 Å². The molecule has 5 heteroatoms. The Morgan fingerprint density at radius 1 is 1.08 bits per heavy atom. The van der Waals surface area contributed by atoms with Gasteiger partial charge >= 0.3 is 0 Å². The molecule has 25 heavy (non-hydrogen) atoms. The highest BCUT2D eigenvalue weighted by atomic mass is 35.5. The summed E-state index contributed by atoms with van der Waals surface area (Å²) in [5, 5.41) is 3.52. The molecule has 2 aromatic rings. The molecule has 1 N–H and O–H groups in total. The predicted molar refractivity (Wildman–Crippen MR) is 98.1 cm³/mol. The van der Waals surface area contributed by atoms with Gasteiger partial charge in [-0.05, 0) is 29.2 Å². The lowest BCUT2D eigenvalue weighted by Gasteiger charge is -2.15. The van der Waals surface area contributed by atoms with Gasteiger partial charge in [0.25, 0.3) is 0 Å². The average molecular weight is 357 g/mol. The van der Waals surface area contributed by atoms with E-state index in [9.17, 15) is 9.59 Å². The molecule has 1 saturated heterocycles. The number of hydrogen-bond donors (Lipinski definition) is 1. The number of nitrogens with one attached hydrogen (secondary N) is 1. The van der Waals surface area contributed by atoms with Crippen molar-refractivity contribution in [1.29, 1.82) is 0 Å². The third-order valence-electron chi connectivity index (χ3n) is 4.37. The van der Waals surface area contributed by atoms with Crippen molar-refractivity contribution in [2.45, 2.75) is 32.4 Å². The third-order valence-corrected chi connectivity index (χ3v) is 4.74. The summed E-state index contributed by atoms with van der Waals surface area (Å²) in [6, 6.07) is 15.4. The van der Waals surface area contributed by atoms with Crippen LogP contribution in [0.3, 0.4) is 0 Å². The van der Waals surface area contributed by atoms with E-state index in [1.807, 2.05) is 47.4 Å². The molecule has 0 aliphatic carbocycles. The maximum Gasteiger partial charge on any atom is 0.224 e. The normalized spacial score (nSPS) is 14.0. The summed E-state index contributed by atoms with van der Waals surface area (Å²) in [5.74, 6) is 0.177. The number of amides is 2. The van der Waals surface area contributed by atoms with Gasteiger partial charge in [0, 0.05) is 31.1 Å². The largest absolute Gasteiger partial charge is 0.352 e. The number of likely N-dealkylation sites (tertiary alicyclic amines) is 1. The summed E-state index contributed by atoms with van der Waals surface area (Å²) < 4.78 is 0. The van der Waals surface area contributed by atoms with Crippen LogP contribution in [0.15, 0.2) is 48.5 Å². The fraction of sp³-hybridized carbons (Fsp3) is 0.300. The fourth-order valence-electron chi connectivity index (χ4n) is 2.93. The molecule has 0 saturated carbocycles. The first-order chi connectivity index (χ1) is 12.1. The molecule has 1 fully saturated rings. The van der Waals surface area contributed by atoms with E-state index in [1.165, 1.54) is 0 Å². The Morgan fingerprint density at radius 2 is 1.80 bits per heavy atom. The van der Waals surface area contributed by atoms with Gasteiger partial charge in [0.15, 0.2) is 0 Å². The molecule has 4 nitrogen and oxygen atoms in total. The number of nitrogens with zero attached hydrogens (tertiary/aromatic N) is 1. The van der Waals surface area contributed by atoms with Gasteiger partial charge in [-0.1, -0.05) is 54.1 Å². The van der Waals surface area contributed by atoms with E-state index in [-0.39, 0.29) is 18.2 Å². The Morgan fingerprint density at radius 3 is 2.48 bits per heavy atom. The van der Waals surface area contributed by atoms with Crippen molar-refractivity contribution in [1.82, 2.24) is 10.2 Å². The van der Waals surface area contributed by atoms with E-state index in [2.05, 4.69) is 5.32 Å². The minimum absolute atomic E-state index is 0.0557. The zero-order chi connectivity index (χ0) is 17.6. The summed E-state index contributed by atoms with van der Waals surface area (Å²) in [7, 11) is 0. The predicted octanol–water partition coefficient (Wildman–Crippen LogP) is 3.32. The zero-order valence-electron chi connectivity index (χ0n) is 14.0. The molecular formula is C20H21ClN2O2. The number of carbonyl (C=O) groups excluding carboxylic acids is 2. The lowest BCUT2D eigenvalue weighted by Crippen LogP contribution is -2.25. The molecule has 1 aliphatic heterocycles. The molecule has 0 bridgehead atoms. The van der Waals surface area contributed by atoms with Crippen LogP contribution in [0.1, 0.15) is 29.5 Å². The van der Waals surface area contributed by atoms with E-state index in [4.69, 9.17) is 11.6 Å². The fourth-order valence-corrected chi connectivity index (χ4v) is 3.13. The Hall–Kier alpha value is -2.33. The van der Waals surface area contributed by atoms with Crippen LogP contribution >= 0.6 is 11.6 Å². The Balaban J connectivity index is 1.49. The molecular weight excluding hydrogens is 336 g/mol. The molecule has 1 heterocycles. The van der Waals surface area contributed by atoms with Crippen LogP contribution < -0.4 is 5.32 Å². The first-order valence-corrected chi connectivity index (χ1v) is 8.85. The molecule has 0 radical (unpaired) electrons. The van der Waals surface area contributed by atoms with Crippen LogP contribution in [0.4, 0.5) is 0 Å². The molecule has 3 rings (SSSR count).